The lowest BCUT2D eigenvalue weighted by atomic mass is 10.6. The van der Waals surface area contributed by atoms with Crippen LogP contribution in [0.25, 0.3) is 0 Å². The quantitative estimate of drug-likeness (QED) is 0.756. The zero-order valence-electron chi connectivity index (χ0n) is 6.47. The van der Waals surface area contributed by atoms with Crippen molar-refractivity contribution in [3.63, 3.8) is 0 Å². The van der Waals surface area contributed by atoms with E-state index in [9.17, 15) is 5.11 Å². The average Bonchev–Trinajstić information content (AvgIpc) is 2.30. The SMILES string of the molecule is Br.C=CN1C=CN(CC)C1O. The van der Waals surface area contributed by atoms with Crippen LogP contribution in [0.3, 0.4) is 0 Å². The number of hydrogen-bond donors (Lipinski definition) is 1. The number of aliphatic hydroxyl groups excluding tert-OH is 1. The summed E-state index contributed by atoms with van der Waals surface area (Å²) in [6.07, 6.45) is 4.67. The van der Waals surface area contributed by atoms with Crippen LogP contribution in [0.4, 0.5) is 0 Å². The maximum atomic E-state index is 9.37. The van der Waals surface area contributed by atoms with Crippen LogP contribution in [-0.4, -0.2) is 27.8 Å². The predicted octanol–water partition coefficient (Wildman–Crippen LogP) is 1.09. The number of nitrogens with zero attached hydrogens (tertiary/aromatic N) is 2. The lowest BCUT2D eigenvalue weighted by molar-refractivity contribution is -0.0238. The second-order valence-electron chi connectivity index (χ2n) is 2.10. The lowest BCUT2D eigenvalue weighted by Gasteiger charge is -2.23. The molecule has 0 saturated heterocycles. The fraction of sp³-hybridized carbons (Fsp3) is 0.429. The highest BCUT2D eigenvalue weighted by molar-refractivity contribution is 8.93. The van der Waals surface area contributed by atoms with Crippen molar-refractivity contribution in [2.75, 3.05) is 6.54 Å². The van der Waals surface area contributed by atoms with E-state index in [1.165, 1.54) is 0 Å². The maximum Gasteiger partial charge on any atom is 0.210 e. The van der Waals surface area contributed by atoms with Gasteiger partial charge in [-0.15, -0.1) is 17.0 Å². The summed E-state index contributed by atoms with van der Waals surface area (Å²) in [4.78, 5) is 3.45. The molecular formula is C7H13BrN2O. The van der Waals surface area contributed by atoms with Crippen LogP contribution in [0.2, 0.25) is 0 Å². The first kappa shape index (κ1) is 10.5. The summed E-state index contributed by atoms with van der Waals surface area (Å²) in [6.45, 7) is 6.34. The second kappa shape index (κ2) is 4.41. The van der Waals surface area contributed by atoms with Gasteiger partial charge in [0.15, 0.2) is 0 Å². The van der Waals surface area contributed by atoms with E-state index in [-0.39, 0.29) is 17.0 Å². The molecule has 1 heterocycles. The molecule has 0 aromatic carbocycles. The second-order valence-corrected chi connectivity index (χ2v) is 2.10. The van der Waals surface area contributed by atoms with Gasteiger partial charge < -0.3 is 14.9 Å². The molecule has 0 bridgehead atoms. The molecule has 11 heavy (non-hydrogen) atoms. The molecule has 3 nitrogen and oxygen atoms in total. The van der Waals surface area contributed by atoms with Gasteiger partial charge in [0.25, 0.3) is 0 Å². The molecule has 1 N–H and O–H groups in total. The third kappa shape index (κ3) is 1.97. The van der Waals surface area contributed by atoms with Crippen molar-refractivity contribution in [2.45, 2.75) is 13.3 Å². The van der Waals surface area contributed by atoms with Crippen molar-refractivity contribution >= 4 is 17.0 Å². The summed E-state index contributed by atoms with van der Waals surface area (Å²) in [5.74, 6) is 0. The molecule has 0 fully saturated rings. The van der Waals surface area contributed by atoms with E-state index in [4.69, 9.17) is 0 Å². The predicted molar refractivity (Wildman–Crippen MR) is 49.9 cm³/mol. The summed E-state index contributed by atoms with van der Waals surface area (Å²) in [5.41, 5.74) is 0. The van der Waals surface area contributed by atoms with E-state index in [1.54, 1.807) is 17.3 Å². The van der Waals surface area contributed by atoms with Crippen LogP contribution in [0, 0.1) is 0 Å². The number of hydrogen-bond acceptors (Lipinski definition) is 3. The van der Waals surface area contributed by atoms with Crippen LogP contribution >= 0.6 is 17.0 Å². The zero-order valence-corrected chi connectivity index (χ0v) is 8.19. The van der Waals surface area contributed by atoms with Gasteiger partial charge in [-0.25, -0.2) is 0 Å². The van der Waals surface area contributed by atoms with Gasteiger partial charge >= 0.3 is 0 Å². The summed E-state index contributed by atoms with van der Waals surface area (Å²) in [5, 5.41) is 9.37. The minimum atomic E-state index is -0.553. The first-order chi connectivity index (χ1) is 4.79. The topological polar surface area (TPSA) is 26.7 Å². The van der Waals surface area contributed by atoms with E-state index < -0.39 is 6.35 Å². The van der Waals surface area contributed by atoms with Crippen molar-refractivity contribution < 1.29 is 5.11 Å². The Labute approximate surface area is 77.4 Å². The molecule has 1 atom stereocenters. The number of halogens is 1. The van der Waals surface area contributed by atoms with Crippen LogP contribution in [0.5, 0.6) is 0 Å². The highest BCUT2D eigenvalue weighted by Crippen LogP contribution is 2.11. The third-order valence-corrected chi connectivity index (χ3v) is 1.57. The standard InChI is InChI=1S/C7H12N2O.BrH/c1-3-8-5-6-9(4-2)7(8)10;/h3,5-7,10H,1,4H2,2H3;1H. The molecule has 4 heteroatoms. The van der Waals surface area contributed by atoms with Crippen LogP contribution in [0.1, 0.15) is 6.92 Å². The molecule has 0 radical (unpaired) electrons. The van der Waals surface area contributed by atoms with E-state index in [0.717, 1.165) is 6.54 Å². The van der Waals surface area contributed by atoms with E-state index in [2.05, 4.69) is 6.58 Å². The highest BCUT2D eigenvalue weighted by Gasteiger charge is 2.19. The molecule has 1 aliphatic rings. The molecule has 0 amide bonds. The first-order valence-corrected chi connectivity index (χ1v) is 3.31. The lowest BCUT2D eigenvalue weighted by Crippen LogP contribution is -2.35. The van der Waals surface area contributed by atoms with Gasteiger partial charge in [0, 0.05) is 25.1 Å². The monoisotopic (exact) mass is 220 g/mol. The minimum absolute atomic E-state index is 0. The van der Waals surface area contributed by atoms with Crippen molar-refractivity contribution in [1.82, 2.24) is 9.80 Å². The molecule has 1 aliphatic heterocycles. The van der Waals surface area contributed by atoms with Gasteiger partial charge in [0.1, 0.15) is 0 Å². The summed E-state index contributed by atoms with van der Waals surface area (Å²) >= 11 is 0. The molecule has 1 rings (SSSR count). The van der Waals surface area contributed by atoms with Crippen LogP contribution in [0.15, 0.2) is 25.2 Å². The van der Waals surface area contributed by atoms with Crippen molar-refractivity contribution in [3.8, 4) is 0 Å². The van der Waals surface area contributed by atoms with Gasteiger partial charge in [-0.05, 0) is 6.92 Å². The molecular weight excluding hydrogens is 208 g/mol. The molecule has 64 valence electrons. The molecule has 0 spiro atoms. The Hall–Kier alpha value is -0.480. The molecule has 0 aromatic rings. The van der Waals surface area contributed by atoms with Crippen LogP contribution in [-0.2, 0) is 0 Å². The fourth-order valence-corrected chi connectivity index (χ4v) is 0.912. The molecule has 0 saturated carbocycles. The number of aliphatic hydroxyl groups is 1. The van der Waals surface area contributed by atoms with Crippen molar-refractivity contribution in [3.05, 3.63) is 25.2 Å². The van der Waals surface area contributed by atoms with Crippen molar-refractivity contribution in [1.29, 1.82) is 0 Å². The van der Waals surface area contributed by atoms with Crippen molar-refractivity contribution in [2.24, 2.45) is 0 Å². The molecule has 0 aliphatic carbocycles. The van der Waals surface area contributed by atoms with Gasteiger partial charge in [-0.3, -0.25) is 0 Å². The Bertz CT molecular complexity index is 161. The van der Waals surface area contributed by atoms with E-state index in [1.807, 2.05) is 18.0 Å². The van der Waals surface area contributed by atoms with Gasteiger partial charge in [-0.1, -0.05) is 6.58 Å². The van der Waals surface area contributed by atoms with Gasteiger partial charge in [0.05, 0.1) is 0 Å². The first-order valence-electron chi connectivity index (χ1n) is 3.31. The fourth-order valence-electron chi connectivity index (χ4n) is 0.912. The van der Waals surface area contributed by atoms with E-state index in [0.29, 0.717) is 0 Å². The smallest absolute Gasteiger partial charge is 0.210 e. The Kier molecular flexibility index (Phi) is 4.22. The van der Waals surface area contributed by atoms with Gasteiger partial charge in [-0.2, -0.15) is 0 Å². The Morgan fingerprint density at radius 3 is 2.55 bits per heavy atom. The highest BCUT2D eigenvalue weighted by atomic mass is 79.9. The minimum Gasteiger partial charge on any atom is -0.356 e. The zero-order chi connectivity index (χ0) is 7.56. The Morgan fingerprint density at radius 2 is 2.27 bits per heavy atom. The summed E-state index contributed by atoms with van der Waals surface area (Å²) < 4.78 is 0. The molecule has 1 unspecified atom stereocenters. The third-order valence-electron chi connectivity index (χ3n) is 1.57. The molecule has 0 aromatic heterocycles. The Morgan fingerprint density at radius 1 is 1.64 bits per heavy atom. The summed E-state index contributed by atoms with van der Waals surface area (Å²) in [6, 6.07) is 0. The van der Waals surface area contributed by atoms with Crippen LogP contribution < -0.4 is 0 Å². The van der Waals surface area contributed by atoms with Gasteiger partial charge in [0.2, 0.25) is 6.35 Å². The largest absolute Gasteiger partial charge is 0.356 e. The Balaban J connectivity index is 0.000001000. The van der Waals surface area contributed by atoms with E-state index >= 15 is 0 Å². The average molecular weight is 221 g/mol. The normalized spacial score (nSPS) is 21.8. The summed E-state index contributed by atoms with van der Waals surface area (Å²) in [7, 11) is 0. The number of rotatable bonds is 2. The maximum absolute atomic E-state index is 9.37.